The fourth-order valence-electron chi connectivity index (χ4n) is 1.01. The lowest BCUT2D eigenvalue weighted by molar-refractivity contribution is 0.284. The van der Waals surface area contributed by atoms with Crippen LogP contribution in [0.5, 0.6) is 0 Å². The number of alkyl halides is 1. The molecule has 66 valence electrons. The maximum atomic E-state index is 8.59. The molecule has 1 N–H and O–H groups in total. The molecule has 0 saturated carbocycles. The van der Waals surface area contributed by atoms with Crippen LogP contribution in [-0.4, -0.2) is 16.7 Å². The quantitative estimate of drug-likeness (QED) is 0.730. The Balaban J connectivity index is 2.48. The van der Waals surface area contributed by atoms with Crippen molar-refractivity contribution in [1.29, 1.82) is 0 Å². The number of pyridine rings is 1. The third kappa shape index (κ3) is 2.80. The van der Waals surface area contributed by atoms with Crippen LogP contribution >= 0.6 is 11.6 Å². The molecule has 0 fully saturated rings. The van der Waals surface area contributed by atoms with Gasteiger partial charge in [0.2, 0.25) is 0 Å². The van der Waals surface area contributed by atoms with Crippen LogP contribution < -0.4 is 0 Å². The van der Waals surface area contributed by atoms with Crippen molar-refractivity contribution in [3.63, 3.8) is 0 Å². The van der Waals surface area contributed by atoms with Gasteiger partial charge >= 0.3 is 0 Å². The normalized spacial score (nSPS) is 12.8. The molecule has 2 nitrogen and oxygen atoms in total. The number of nitrogens with zero attached hydrogens (tertiary/aromatic N) is 1. The summed E-state index contributed by atoms with van der Waals surface area (Å²) in [5.41, 5.74) is 1.07. The monoisotopic (exact) mass is 185 g/mol. The molecule has 0 aliphatic heterocycles. The van der Waals surface area contributed by atoms with E-state index in [4.69, 9.17) is 16.7 Å². The van der Waals surface area contributed by atoms with Crippen molar-refractivity contribution in [3.8, 4) is 0 Å². The molecular weight excluding hydrogens is 174 g/mol. The number of halogens is 1. The number of aromatic nitrogens is 1. The summed E-state index contributed by atoms with van der Waals surface area (Å²) in [7, 11) is 0. The van der Waals surface area contributed by atoms with Gasteiger partial charge in [0.05, 0.1) is 5.38 Å². The second-order valence-electron chi connectivity index (χ2n) is 2.61. The van der Waals surface area contributed by atoms with Gasteiger partial charge in [-0.15, -0.1) is 11.6 Å². The highest BCUT2D eigenvalue weighted by Gasteiger charge is 2.05. The van der Waals surface area contributed by atoms with Gasteiger partial charge in [0.1, 0.15) is 0 Å². The lowest BCUT2D eigenvalue weighted by Crippen LogP contribution is -1.92. The van der Waals surface area contributed by atoms with Crippen LogP contribution in [0, 0.1) is 0 Å². The first-order chi connectivity index (χ1) is 5.84. The largest absolute Gasteiger partial charge is 0.396 e. The molecule has 0 aliphatic rings. The van der Waals surface area contributed by atoms with E-state index in [9.17, 15) is 0 Å². The van der Waals surface area contributed by atoms with E-state index in [1.807, 2.05) is 12.1 Å². The highest BCUT2D eigenvalue weighted by molar-refractivity contribution is 6.20. The standard InChI is InChI=1S/C9H12ClNO/c10-9(2-1-7-12)8-3-5-11-6-4-8/h3-6,9,12H,1-2,7H2. The van der Waals surface area contributed by atoms with Crippen molar-refractivity contribution in [1.82, 2.24) is 4.98 Å². The molecule has 12 heavy (non-hydrogen) atoms. The van der Waals surface area contributed by atoms with Gasteiger partial charge in [-0.3, -0.25) is 4.98 Å². The maximum Gasteiger partial charge on any atom is 0.0587 e. The van der Waals surface area contributed by atoms with Crippen molar-refractivity contribution >= 4 is 11.6 Å². The van der Waals surface area contributed by atoms with Crippen LogP contribution in [0.3, 0.4) is 0 Å². The Kier molecular flexibility index (Phi) is 4.05. The topological polar surface area (TPSA) is 33.1 Å². The zero-order valence-electron chi connectivity index (χ0n) is 6.78. The summed E-state index contributed by atoms with van der Waals surface area (Å²) in [4.78, 5) is 3.90. The predicted octanol–water partition coefficient (Wildman–Crippen LogP) is 2.13. The molecule has 1 aromatic rings. The Bertz CT molecular complexity index is 215. The molecule has 1 atom stereocenters. The Morgan fingerprint density at radius 2 is 2.08 bits per heavy atom. The molecule has 1 heterocycles. The Labute approximate surface area is 77.2 Å². The Hall–Kier alpha value is -0.600. The van der Waals surface area contributed by atoms with Crippen LogP contribution in [0.1, 0.15) is 23.8 Å². The molecule has 0 spiro atoms. The summed E-state index contributed by atoms with van der Waals surface area (Å²) in [6, 6.07) is 3.80. The lowest BCUT2D eigenvalue weighted by atomic mass is 10.1. The van der Waals surface area contributed by atoms with Crippen molar-refractivity contribution in [2.24, 2.45) is 0 Å². The molecule has 0 radical (unpaired) electrons. The summed E-state index contributed by atoms with van der Waals surface area (Å²) in [6.07, 6.45) is 5.01. The highest BCUT2D eigenvalue weighted by atomic mass is 35.5. The van der Waals surface area contributed by atoms with E-state index < -0.39 is 0 Å². The number of aliphatic hydroxyl groups excluding tert-OH is 1. The molecule has 0 saturated heterocycles. The SMILES string of the molecule is OCCCC(Cl)c1ccncc1. The molecule has 0 aromatic carbocycles. The van der Waals surface area contributed by atoms with E-state index in [1.54, 1.807) is 12.4 Å². The Morgan fingerprint density at radius 1 is 1.42 bits per heavy atom. The van der Waals surface area contributed by atoms with Crippen molar-refractivity contribution in [2.45, 2.75) is 18.2 Å². The first-order valence-electron chi connectivity index (χ1n) is 3.99. The van der Waals surface area contributed by atoms with Gasteiger partial charge < -0.3 is 5.11 Å². The Morgan fingerprint density at radius 3 is 2.67 bits per heavy atom. The van der Waals surface area contributed by atoms with Crippen molar-refractivity contribution in [3.05, 3.63) is 30.1 Å². The minimum atomic E-state index is 0.000139. The summed E-state index contributed by atoms with van der Waals surface area (Å²) in [5.74, 6) is 0. The highest BCUT2D eigenvalue weighted by Crippen LogP contribution is 2.24. The number of hydrogen-bond donors (Lipinski definition) is 1. The lowest BCUT2D eigenvalue weighted by Gasteiger charge is -2.07. The molecular formula is C9H12ClNO. The van der Waals surface area contributed by atoms with E-state index >= 15 is 0 Å². The summed E-state index contributed by atoms with van der Waals surface area (Å²) in [6.45, 7) is 0.203. The van der Waals surface area contributed by atoms with E-state index in [1.165, 1.54) is 0 Å². The van der Waals surface area contributed by atoms with Gasteiger partial charge in [-0.1, -0.05) is 0 Å². The van der Waals surface area contributed by atoms with Crippen LogP contribution in [0.25, 0.3) is 0 Å². The number of rotatable bonds is 4. The van der Waals surface area contributed by atoms with Gasteiger partial charge in [0, 0.05) is 19.0 Å². The average Bonchev–Trinajstić information content (AvgIpc) is 2.15. The zero-order valence-corrected chi connectivity index (χ0v) is 7.54. The molecule has 3 heteroatoms. The van der Waals surface area contributed by atoms with Crippen molar-refractivity contribution in [2.75, 3.05) is 6.61 Å². The molecule has 1 rings (SSSR count). The summed E-state index contributed by atoms with van der Waals surface area (Å²) < 4.78 is 0. The van der Waals surface area contributed by atoms with E-state index in [0.29, 0.717) is 0 Å². The fraction of sp³-hybridized carbons (Fsp3) is 0.444. The minimum Gasteiger partial charge on any atom is -0.396 e. The van der Waals surface area contributed by atoms with Gasteiger partial charge in [-0.05, 0) is 30.5 Å². The number of aliphatic hydroxyl groups is 1. The summed E-state index contributed by atoms with van der Waals surface area (Å²) >= 11 is 6.05. The van der Waals surface area contributed by atoms with Crippen LogP contribution in [0.2, 0.25) is 0 Å². The average molecular weight is 186 g/mol. The third-order valence-electron chi connectivity index (χ3n) is 1.68. The maximum absolute atomic E-state index is 8.59. The molecule has 0 bridgehead atoms. The van der Waals surface area contributed by atoms with Gasteiger partial charge in [-0.25, -0.2) is 0 Å². The molecule has 0 aliphatic carbocycles. The second-order valence-corrected chi connectivity index (χ2v) is 3.14. The smallest absolute Gasteiger partial charge is 0.0587 e. The van der Waals surface area contributed by atoms with E-state index in [0.717, 1.165) is 18.4 Å². The fourth-order valence-corrected chi connectivity index (χ4v) is 1.31. The minimum absolute atomic E-state index is 0.000139. The second kappa shape index (κ2) is 5.12. The summed E-state index contributed by atoms with van der Waals surface area (Å²) in [5, 5.41) is 8.59. The van der Waals surface area contributed by atoms with Gasteiger partial charge in [0.25, 0.3) is 0 Å². The van der Waals surface area contributed by atoms with E-state index in [-0.39, 0.29) is 12.0 Å². The number of hydrogen-bond acceptors (Lipinski definition) is 2. The first-order valence-corrected chi connectivity index (χ1v) is 4.43. The van der Waals surface area contributed by atoms with E-state index in [2.05, 4.69) is 4.98 Å². The van der Waals surface area contributed by atoms with Gasteiger partial charge in [-0.2, -0.15) is 0 Å². The molecule has 1 unspecified atom stereocenters. The molecule has 0 amide bonds. The van der Waals surface area contributed by atoms with Crippen LogP contribution in [-0.2, 0) is 0 Å². The first kappa shape index (κ1) is 9.49. The van der Waals surface area contributed by atoms with Gasteiger partial charge in [0.15, 0.2) is 0 Å². The third-order valence-corrected chi connectivity index (χ3v) is 2.15. The predicted molar refractivity (Wildman–Crippen MR) is 49.2 cm³/mol. The van der Waals surface area contributed by atoms with Crippen LogP contribution in [0.15, 0.2) is 24.5 Å². The van der Waals surface area contributed by atoms with Crippen molar-refractivity contribution < 1.29 is 5.11 Å². The molecule has 1 aromatic heterocycles. The van der Waals surface area contributed by atoms with Crippen LogP contribution in [0.4, 0.5) is 0 Å². The zero-order chi connectivity index (χ0) is 8.81.